The first-order chi connectivity index (χ1) is 13.5. The highest BCUT2D eigenvalue weighted by Gasteiger charge is 2.14. The van der Waals surface area contributed by atoms with Crippen LogP contribution < -0.4 is 20.3 Å². The van der Waals surface area contributed by atoms with Crippen LogP contribution >= 0.6 is 0 Å². The Bertz CT molecular complexity index is 790. The Hall–Kier alpha value is -3.02. The van der Waals surface area contributed by atoms with Crippen LogP contribution in [0.3, 0.4) is 0 Å². The molecule has 0 spiro atoms. The summed E-state index contributed by atoms with van der Waals surface area (Å²) in [6, 6.07) is 13.8. The fraction of sp³-hybridized carbons (Fsp3) is 0.364. The number of hydrogen-bond donors (Lipinski definition) is 2. The maximum Gasteiger partial charge on any atom is 0.273 e. The quantitative estimate of drug-likeness (QED) is 0.641. The maximum atomic E-state index is 12.4. The summed E-state index contributed by atoms with van der Waals surface area (Å²) in [5, 5.41) is 0. The highest BCUT2D eigenvalue weighted by Crippen LogP contribution is 2.18. The lowest BCUT2D eigenvalue weighted by atomic mass is 10.1. The zero-order valence-electron chi connectivity index (χ0n) is 16.7. The Kier molecular flexibility index (Phi) is 8.34. The smallest absolute Gasteiger partial charge is 0.273 e. The number of carbonyl (C=O) groups is 2. The lowest BCUT2D eigenvalue weighted by Gasteiger charge is -2.12. The van der Waals surface area contributed by atoms with Gasteiger partial charge in [0.25, 0.3) is 11.8 Å². The molecule has 0 aliphatic heterocycles. The van der Waals surface area contributed by atoms with E-state index in [1.165, 1.54) is 0 Å². The fourth-order valence-corrected chi connectivity index (χ4v) is 2.38. The van der Waals surface area contributed by atoms with Gasteiger partial charge < -0.3 is 9.47 Å². The molecule has 2 rings (SSSR count). The normalized spacial score (nSPS) is 10.4. The van der Waals surface area contributed by atoms with Crippen LogP contribution in [0.2, 0.25) is 0 Å². The molecule has 0 aliphatic carbocycles. The third-order valence-electron chi connectivity index (χ3n) is 3.94. The lowest BCUT2D eigenvalue weighted by molar-refractivity contribution is 0.0844. The highest BCUT2D eigenvalue weighted by molar-refractivity contribution is 6.00. The zero-order valence-corrected chi connectivity index (χ0v) is 16.7. The molecule has 0 bridgehead atoms. The van der Waals surface area contributed by atoms with Crippen molar-refractivity contribution in [2.75, 3.05) is 13.2 Å². The van der Waals surface area contributed by atoms with E-state index < -0.39 is 11.8 Å². The standard InChI is InChI=1S/C22H28N2O4/c1-4-13-28-20-11-6-5-10-19(20)22(26)24-23-21(25)17-8-7-9-18(15-17)27-14-12-16(2)3/h5-11,15-16H,4,12-14H2,1-3H3,(H,23,25)(H,24,26). The minimum atomic E-state index is -0.440. The topological polar surface area (TPSA) is 76.7 Å². The van der Waals surface area contributed by atoms with Crippen molar-refractivity contribution >= 4 is 11.8 Å². The average Bonchev–Trinajstić information content (AvgIpc) is 2.70. The van der Waals surface area contributed by atoms with Crippen LogP contribution in [0.4, 0.5) is 0 Å². The second-order valence-corrected chi connectivity index (χ2v) is 6.81. The van der Waals surface area contributed by atoms with Crippen molar-refractivity contribution in [2.24, 2.45) is 5.92 Å². The molecule has 0 heterocycles. The number of hydrogen-bond acceptors (Lipinski definition) is 4. The van der Waals surface area contributed by atoms with Crippen LogP contribution in [0.1, 0.15) is 54.3 Å². The molecule has 0 radical (unpaired) electrons. The second kappa shape index (κ2) is 11.0. The molecular formula is C22H28N2O4. The molecule has 0 saturated heterocycles. The van der Waals surface area contributed by atoms with Gasteiger partial charge in [-0.2, -0.15) is 0 Å². The molecule has 0 fully saturated rings. The van der Waals surface area contributed by atoms with Crippen molar-refractivity contribution in [3.05, 3.63) is 59.7 Å². The summed E-state index contributed by atoms with van der Waals surface area (Å²) in [5.41, 5.74) is 5.63. The molecule has 6 heteroatoms. The summed E-state index contributed by atoms with van der Waals surface area (Å²) in [6.07, 6.45) is 1.77. The highest BCUT2D eigenvalue weighted by atomic mass is 16.5. The van der Waals surface area contributed by atoms with E-state index in [1.54, 1.807) is 48.5 Å². The number of rotatable bonds is 9. The first kappa shape index (κ1) is 21.3. The molecule has 2 amide bonds. The molecule has 28 heavy (non-hydrogen) atoms. The van der Waals surface area contributed by atoms with Crippen molar-refractivity contribution in [2.45, 2.75) is 33.6 Å². The van der Waals surface area contributed by atoms with E-state index in [0.29, 0.717) is 41.8 Å². The van der Waals surface area contributed by atoms with E-state index in [9.17, 15) is 9.59 Å². The predicted molar refractivity (Wildman–Crippen MR) is 109 cm³/mol. The number of para-hydroxylation sites is 1. The fourth-order valence-electron chi connectivity index (χ4n) is 2.38. The van der Waals surface area contributed by atoms with Crippen molar-refractivity contribution in [3.63, 3.8) is 0 Å². The van der Waals surface area contributed by atoms with Gasteiger partial charge in [-0.1, -0.05) is 39.0 Å². The molecule has 0 aliphatic rings. The van der Waals surface area contributed by atoms with Crippen molar-refractivity contribution in [3.8, 4) is 11.5 Å². The van der Waals surface area contributed by atoms with Crippen molar-refractivity contribution in [1.29, 1.82) is 0 Å². The van der Waals surface area contributed by atoms with Gasteiger partial charge >= 0.3 is 0 Å². The largest absolute Gasteiger partial charge is 0.494 e. The summed E-state index contributed by atoms with van der Waals surface area (Å²) in [4.78, 5) is 24.8. The summed E-state index contributed by atoms with van der Waals surface area (Å²) >= 11 is 0. The van der Waals surface area contributed by atoms with Gasteiger partial charge in [0.2, 0.25) is 0 Å². The summed E-state index contributed by atoms with van der Waals surface area (Å²) in [7, 11) is 0. The Labute approximate surface area is 166 Å². The van der Waals surface area contributed by atoms with Crippen molar-refractivity contribution < 1.29 is 19.1 Å². The minimum absolute atomic E-state index is 0.363. The second-order valence-electron chi connectivity index (χ2n) is 6.81. The van der Waals surface area contributed by atoms with E-state index in [4.69, 9.17) is 9.47 Å². The molecular weight excluding hydrogens is 356 g/mol. The number of amides is 2. The molecule has 6 nitrogen and oxygen atoms in total. The van der Waals surface area contributed by atoms with Crippen LogP contribution in [-0.2, 0) is 0 Å². The number of ether oxygens (including phenoxy) is 2. The Balaban J connectivity index is 1.94. The van der Waals surface area contributed by atoms with Gasteiger partial charge in [0.15, 0.2) is 0 Å². The third-order valence-corrected chi connectivity index (χ3v) is 3.94. The van der Waals surface area contributed by atoms with Crippen LogP contribution in [0, 0.1) is 5.92 Å². The van der Waals surface area contributed by atoms with Gasteiger partial charge in [0, 0.05) is 5.56 Å². The number of carbonyl (C=O) groups excluding carboxylic acids is 2. The summed E-state index contributed by atoms with van der Waals surface area (Å²) in [6.45, 7) is 7.35. The monoisotopic (exact) mass is 384 g/mol. The molecule has 2 aromatic carbocycles. The van der Waals surface area contributed by atoms with Gasteiger partial charge in [-0.05, 0) is 49.1 Å². The van der Waals surface area contributed by atoms with E-state index >= 15 is 0 Å². The molecule has 0 atom stereocenters. The van der Waals surface area contributed by atoms with E-state index in [0.717, 1.165) is 12.8 Å². The maximum absolute atomic E-state index is 12.4. The van der Waals surface area contributed by atoms with E-state index in [2.05, 4.69) is 24.7 Å². The summed E-state index contributed by atoms with van der Waals surface area (Å²) in [5.74, 6) is 0.791. The van der Waals surface area contributed by atoms with Crippen LogP contribution in [0.5, 0.6) is 11.5 Å². The predicted octanol–water partition coefficient (Wildman–Crippen LogP) is 3.98. The van der Waals surface area contributed by atoms with Gasteiger partial charge in [-0.3, -0.25) is 20.4 Å². The number of nitrogens with one attached hydrogen (secondary N) is 2. The Morgan fingerprint density at radius 1 is 0.929 bits per heavy atom. The van der Waals surface area contributed by atoms with Crippen LogP contribution in [-0.4, -0.2) is 25.0 Å². The van der Waals surface area contributed by atoms with Gasteiger partial charge in [0.1, 0.15) is 11.5 Å². The number of benzene rings is 2. The van der Waals surface area contributed by atoms with Gasteiger partial charge in [0.05, 0.1) is 18.8 Å². The molecule has 0 saturated carbocycles. The van der Waals surface area contributed by atoms with Crippen LogP contribution in [0.15, 0.2) is 48.5 Å². The summed E-state index contributed by atoms with van der Waals surface area (Å²) < 4.78 is 11.3. The molecule has 150 valence electrons. The van der Waals surface area contributed by atoms with Crippen LogP contribution in [0.25, 0.3) is 0 Å². The first-order valence-electron chi connectivity index (χ1n) is 9.56. The minimum Gasteiger partial charge on any atom is -0.494 e. The van der Waals surface area contributed by atoms with E-state index in [1.807, 2.05) is 6.92 Å². The van der Waals surface area contributed by atoms with E-state index in [-0.39, 0.29) is 0 Å². The lowest BCUT2D eigenvalue weighted by Crippen LogP contribution is -2.41. The van der Waals surface area contributed by atoms with Gasteiger partial charge in [-0.15, -0.1) is 0 Å². The zero-order chi connectivity index (χ0) is 20.4. The first-order valence-corrected chi connectivity index (χ1v) is 9.56. The van der Waals surface area contributed by atoms with Gasteiger partial charge in [-0.25, -0.2) is 0 Å². The Morgan fingerprint density at radius 2 is 1.68 bits per heavy atom. The molecule has 0 unspecified atom stereocenters. The average molecular weight is 384 g/mol. The number of hydrazine groups is 1. The molecule has 2 N–H and O–H groups in total. The Morgan fingerprint density at radius 3 is 2.43 bits per heavy atom. The molecule has 2 aromatic rings. The molecule has 0 aromatic heterocycles. The van der Waals surface area contributed by atoms with Crippen molar-refractivity contribution in [1.82, 2.24) is 10.9 Å². The third kappa shape index (κ3) is 6.61. The SMILES string of the molecule is CCCOc1ccccc1C(=O)NNC(=O)c1cccc(OCCC(C)C)c1.